The number of amides is 1. The van der Waals surface area contributed by atoms with Gasteiger partial charge in [-0.05, 0) is 24.1 Å². The zero-order chi connectivity index (χ0) is 17.7. The normalized spacial score (nSPS) is 10.0. The zero-order valence-electron chi connectivity index (χ0n) is 12.7. The molecular weight excluding hydrogens is 316 g/mol. The molecule has 0 radical (unpaired) electrons. The Bertz CT molecular complexity index is 753. The highest BCUT2D eigenvalue weighted by atomic mass is 16.6. The van der Waals surface area contributed by atoms with E-state index in [2.05, 4.69) is 5.32 Å². The van der Waals surface area contributed by atoms with E-state index in [0.717, 1.165) is 5.56 Å². The maximum absolute atomic E-state index is 11.9. The van der Waals surface area contributed by atoms with Gasteiger partial charge in [-0.3, -0.25) is 15.4 Å². The number of carbonyl (C=O) groups is 2. The van der Waals surface area contributed by atoms with Crippen LogP contribution >= 0.6 is 0 Å². The Labute approximate surface area is 136 Å². The summed E-state index contributed by atoms with van der Waals surface area (Å²) >= 11 is 0. The second-order valence-electron chi connectivity index (χ2n) is 4.96. The number of benzene rings is 2. The van der Waals surface area contributed by atoms with Gasteiger partial charge in [-0.15, -0.1) is 0 Å². The van der Waals surface area contributed by atoms with Gasteiger partial charge in [0.1, 0.15) is 12.3 Å². The van der Waals surface area contributed by atoms with Crippen LogP contribution in [0.25, 0.3) is 0 Å². The molecule has 0 aromatic heterocycles. The van der Waals surface area contributed by atoms with Crippen LogP contribution in [0.2, 0.25) is 0 Å². The number of carboxylic acid groups (broad SMARTS) is 1. The second-order valence-corrected chi connectivity index (χ2v) is 4.96. The topological polar surface area (TPSA) is 119 Å². The number of anilines is 1. The van der Waals surface area contributed by atoms with E-state index >= 15 is 0 Å². The fraction of sp³-hybridized carbons (Fsp3) is 0.125. The van der Waals surface area contributed by atoms with Gasteiger partial charge < -0.3 is 9.84 Å². The fourth-order valence-electron chi connectivity index (χ4n) is 2.07. The van der Waals surface area contributed by atoms with Crippen molar-refractivity contribution in [3.63, 3.8) is 0 Å². The lowest BCUT2D eigenvalue weighted by Gasteiger charge is -2.11. The maximum atomic E-state index is 11.9. The highest BCUT2D eigenvalue weighted by molar-refractivity contribution is 6.02. The summed E-state index contributed by atoms with van der Waals surface area (Å²) in [5, 5.41) is 22.5. The Balaban J connectivity index is 2.22. The molecule has 8 nitrogen and oxygen atoms in total. The number of ether oxygens (including phenoxy) is 1. The summed E-state index contributed by atoms with van der Waals surface area (Å²) in [6, 6.07) is 11.2. The Morgan fingerprint density at radius 3 is 2.50 bits per heavy atom. The maximum Gasteiger partial charge on any atom is 0.412 e. The highest BCUT2D eigenvalue weighted by Crippen LogP contribution is 2.30. The van der Waals surface area contributed by atoms with E-state index in [-0.39, 0.29) is 12.2 Å². The predicted octanol–water partition coefficient (Wildman–Crippen LogP) is 3.35. The lowest BCUT2D eigenvalue weighted by Crippen LogP contribution is -2.17. The van der Waals surface area contributed by atoms with Crippen molar-refractivity contribution in [2.45, 2.75) is 13.5 Å². The lowest BCUT2D eigenvalue weighted by molar-refractivity contribution is -0.384. The average molecular weight is 330 g/mol. The minimum absolute atomic E-state index is 0.0469. The molecule has 0 aliphatic carbocycles. The number of rotatable bonds is 5. The van der Waals surface area contributed by atoms with Crippen LogP contribution < -0.4 is 5.32 Å². The van der Waals surface area contributed by atoms with Crippen LogP contribution in [0.3, 0.4) is 0 Å². The molecule has 0 spiro atoms. The molecule has 0 saturated heterocycles. The number of nitrogens with one attached hydrogen (secondary N) is 1. The van der Waals surface area contributed by atoms with Gasteiger partial charge in [-0.25, -0.2) is 9.59 Å². The van der Waals surface area contributed by atoms with Crippen LogP contribution in [0.5, 0.6) is 0 Å². The summed E-state index contributed by atoms with van der Waals surface area (Å²) in [5.41, 5.74) is -0.176. The molecule has 8 heteroatoms. The standard InChI is InChI=1S/C16H14N2O6/c1-10-7-12(15(19)20)14(13(8-10)18(22)23)17-16(21)24-9-11-5-3-2-4-6-11/h2-8H,9H2,1H3,(H,17,21)(H,19,20). The van der Waals surface area contributed by atoms with E-state index in [1.165, 1.54) is 19.1 Å². The first kappa shape index (κ1) is 16.9. The zero-order valence-corrected chi connectivity index (χ0v) is 12.7. The van der Waals surface area contributed by atoms with Crippen molar-refractivity contribution in [2.24, 2.45) is 0 Å². The van der Waals surface area contributed by atoms with Crippen molar-refractivity contribution >= 4 is 23.4 Å². The largest absolute Gasteiger partial charge is 0.478 e. The molecule has 24 heavy (non-hydrogen) atoms. The van der Waals surface area contributed by atoms with Crippen LogP contribution in [0, 0.1) is 17.0 Å². The molecule has 124 valence electrons. The van der Waals surface area contributed by atoms with Crippen LogP contribution in [0.4, 0.5) is 16.2 Å². The van der Waals surface area contributed by atoms with Gasteiger partial charge in [0, 0.05) is 6.07 Å². The predicted molar refractivity (Wildman–Crippen MR) is 85.0 cm³/mol. The number of carbonyl (C=O) groups excluding carboxylic acids is 1. The molecule has 2 N–H and O–H groups in total. The van der Waals surface area contributed by atoms with Crippen molar-refractivity contribution in [2.75, 3.05) is 5.32 Å². The van der Waals surface area contributed by atoms with Gasteiger partial charge in [-0.2, -0.15) is 0 Å². The van der Waals surface area contributed by atoms with E-state index in [9.17, 15) is 24.8 Å². The Hall–Kier alpha value is -3.42. The van der Waals surface area contributed by atoms with Crippen LogP contribution in [0.1, 0.15) is 21.5 Å². The van der Waals surface area contributed by atoms with Gasteiger partial charge in [0.05, 0.1) is 10.5 Å². The number of nitro benzene ring substituents is 1. The van der Waals surface area contributed by atoms with Crippen LogP contribution in [-0.4, -0.2) is 22.1 Å². The third-order valence-corrected chi connectivity index (χ3v) is 3.13. The summed E-state index contributed by atoms with van der Waals surface area (Å²) in [4.78, 5) is 33.5. The number of nitro groups is 1. The molecule has 2 aromatic rings. The van der Waals surface area contributed by atoms with Gasteiger partial charge in [0.15, 0.2) is 0 Å². The molecule has 0 saturated carbocycles. The van der Waals surface area contributed by atoms with Crippen LogP contribution in [-0.2, 0) is 11.3 Å². The minimum Gasteiger partial charge on any atom is -0.478 e. The number of nitrogens with zero attached hydrogens (tertiary/aromatic N) is 1. The molecule has 0 unspecified atom stereocenters. The Morgan fingerprint density at radius 1 is 1.25 bits per heavy atom. The van der Waals surface area contributed by atoms with Gasteiger partial charge in [0.2, 0.25) is 0 Å². The lowest BCUT2D eigenvalue weighted by atomic mass is 10.1. The van der Waals surface area contributed by atoms with Crippen LogP contribution in [0.15, 0.2) is 42.5 Å². The SMILES string of the molecule is Cc1cc(C(=O)O)c(NC(=O)OCc2ccccc2)c([N+](=O)[O-])c1. The first-order chi connectivity index (χ1) is 11.4. The van der Waals surface area contributed by atoms with Gasteiger partial charge in [0.25, 0.3) is 5.69 Å². The summed E-state index contributed by atoms with van der Waals surface area (Å²) in [6.45, 7) is 1.48. The van der Waals surface area contributed by atoms with Gasteiger partial charge >= 0.3 is 12.1 Å². The number of aryl methyl sites for hydroxylation is 1. The first-order valence-electron chi connectivity index (χ1n) is 6.88. The monoisotopic (exact) mass is 330 g/mol. The molecule has 0 heterocycles. The summed E-state index contributed by atoms with van der Waals surface area (Å²) in [7, 11) is 0. The van der Waals surface area contributed by atoms with E-state index in [0.29, 0.717) is 5.56 Å². The number of hydrogen-bond donors (Lipinski definition) is 2. The molecule has 0 fully saturated rings. The number of carboxylic acids is 1. The van der Waals surface area contributed by atoms with Crippen molar-refractivity contribution in [3.8, 4) is 0 Å². The van der Waals surface area contributed by atoms with Crippen molar-refractivity contribution in [3.05, 3.63) is 69.3 Å². The summed E-state index contributed by atoms with van der Waals surface area (Å²) in [6.07, 6.45) is -0.978. The summed E-state index contributed by atoms with van der Waals surface area (Å²) in [5.74, 6) is -1.39. The van der Waals surface area contributed by atoms with Gasteiger partial charge in [-0.1, -0.05) is 30.3 Å². The fourth-order valence-corrected chi connectivity index (χ4v) is 2.07. The van der Waals surface area contributed by atoms with Crippen molar-refractivity contribution in [1.82, 2.24) is 0 Å². The molecule has 0 aliphatic heterocycles. The smallest absolute Gasteiger partial charge is 0.412 e. The molecule has 2 aromatic carbocycles. The third-order valence-electron chi connectivity index (χ3n) is 3.13. The Kier molecular flexibility index (Phi) is 5.10. The molecule has 0 atom stereocenters. The molecule has 0 bridgehead atoms. The van der Waals surface area contributed by atoms with Crippen molar-refractivity contribution < 1.29 is 24.4 Å². The third kappa shape index (κ3) is 4.07. The van der Waals surface area contributed by atoms with E-state index in [1.54, 1.807) is 30.3 Å². The highest BCUT2D eigenvalue weighted by Gasteiger charge is 2.24. The quantitative estimate of drug-likeness (QED) is 0.641. The Morgan fingerprint density at radius 2 is 1.92 bits per heavy atom. The van der Waals surface area contributed by atoms with E-state index < -0.39 is 28.4 Å². The van der Waals surface area contributed by atoms with Crippen molar-refractivity contribution in [1.29, 1.82) is 0 Å². The van der Waals surface area contributed by atoms with E-state index in [4.69, 9.17) is 4.74 Å². The number of aromatic carboxylic acids is 1. The molecule has 2 rings (SSSR count). The second kappa shape index (κ2) is 7.23. The molecule has 0 aliphatic rings. The molecule has 1 amide bonds. The summed E-state index contributed by atoms with van der Waals surface area (Å²) < 4.78 is 4.97. The number of hydrogen-bond acceptors (Lipinski definition) is 5. The van der Waals surface area contributed by atoms with E-state index in [1.807, 2.05) is 0 Å². The molecular formula is C16H14N2O6. The first-order valence-corrected chi connectivity index (χ1v) is 6.88. The minimum atomic E-state index is -1.39. The average Bonchev–Trinajstić information content (AvgIpc) is 2.54.